The van der Waals surface area contributed by atoms with Crippen LogP contribution in [0.3, 0.4) is 0 Å². The molecule has 7 nitrogen and oxygen atoms in total. The molecule has 1 saturated heterocycles. The SMILES string of the molecule is C[C@@H]1C[C@H](O)c2ncnc(N3CCN(C(=O)C(CN)c4ccc(Br)cc4)CC3)c21. The van der Waals surface area contributed by atoms with Gasteiger partial charge in [-0.05, 0) is 30.0 Å². The molecule has 1 aromatic heterocycles. The lowest BCUT2D eigenvalue weighted by Gasteiger charge is -2.37. The molecule has 1 amide bonds. The summed E-state index contributed by atoms with van der Waals surface area (Å²) in [6.07, 6.45) is 1.70. The van der Waals surface area contributed by atoms with Crippen molar-refractivity contribution < 1.29 is 9.90 Å². The maximum atomic E-state index is 13.1. The minimum atomic E-state index is -0.513. The van der Waals surface area contributed by atoms with Crippen LogP contribution in [0, 0.1) is 0 Å². The normalized spacial score (nSPS) is 22.5. The molecule has 29 heavy (non-hydrogen) atoms. The molecule has 4 rings (SSSR count). The number of amides is 1. The Labute approximate surface area is 179 Å². The molecule has 0 radical (unpaired) electrons. The average Bonchev–Trinajstić information content (AvgIpc) is 3.04. The van der Waals surface area contributed by atoms with Gasteiger partial charge in [-0.1, -0.05) is 35.0 Å². The Kier molecular flexibility index (Phi) is 5.85. The second-order valence-corrected chi connectivity index (χ2v) is 8.72. The number of aliphatic hydroxyl groups is 1. The number of anilines is 1. The highest BCUT2D eigenvalue weighted by Gasteiger charge is 2.34. The van der Waals surface area contributed by atoms with Gasteiger partial charge in [-0.15, -0.1) is 0 Å². The van der Waals surface area contributed by atoms with Crippen LogP contribution in [0.4, 0.5) is 5.82 Å². The van der Waals surface area contributed by atoms with E-state index in [0.29, 0.717) is 32.6 Å². The number of nitrogens with two attached hydrogens (primary N) is 1. The summed E-state index contributed by atoms with van der Waals surface area (Å²) >= 11 is 3.43. The molecule has 1 fully saturated rings. The van der Waals surface area contributed by atoms with Gasteiger partial charge in [-0.3, -0.25) is 4.79 Å². The first kappa shape index (κ1) is 20.3. The fourth-order valence-electron chi connectivity index (χ4n) is 4.39. The molecular weight excluding hydrogens is 434 g/mol. The summed E-state index contributed by atoms with van der Waals surface area (Å²) in [5, 5.41) is 10.2. The lowest BCUT2D eigenvalue weighted by atomic mass is 9.97. The zero-order chi connectivity index (χ0) is 20.5. The van der Waals surface area contributed by atoms with E-state index in [0.717, 1.165) is 27.1 Å². The molecule has 3 N–H and O–H groups in total. The smallest absolute Gasteiger partial charge is 0.231 e. The topological polar surface area (TPSA) is 95.6 Å². The zero-order valence-electron chi connectivity index (χ0n) is 16.5. The van der Waals surface area contributed by atoms with Crippen LogP contribution in [0.25, 0.3) is 0 Å². The van der Waals surface area contributed by atoms with Crippen LogP contribution in [-0.4, -0.2) is 58.6 Å². The van der Waals surface area contributed by atoms with Crippen LogP contribution in [0.5, 0.6) is 0 Å². The van der Waals surface area contributed by atoms with Gasteiger partial charge >= 0.3 is 0 Å². The number of rotatable bonds is 4. The number of nitrogens with zero attached hydrogens (tertiary/aromatic N) is 4. The Morgan fingerprint density at radius 1 is 1.24 bits per heavy atom. The molecular formula is C21H26BrN5O2. The predicted molar refractivity (Wildman–Crippen MR) is 115 cm³/mol. The van der Waals surface area contributed by atoms with Crippen molar-refractivity contribution in [1.29, 1.82) is 0 Å². The van der Waals surface area contributed by atoms with E-state index >= 15 is 0 Å². The van der Waals surface area contributed by atoms with E-state index in [4.69, 9.17) is 5.73 Å². The highest BCUT2D eigenvalue weighted by Crippen LogP contribution is 2.42. The van der Waals surface area contributed by atoms with E-state index in [9.17, 15) is 9.90 Å². The van der Waals surface area contributed by atoms with Gasteiger partial charge in [0.1, 0.15) is 12.1 Å². The highest BCUT2D eigenvalue weighted by atomic mass is 79.9. The van der Waals surface area contributed by atoms with Gasteiger partial charge < -0.3 is 20.6 Å². The van der Waals surface area contributed by atoms with Gasteiger partial charge in [0.15, 0.2) is 0 Å². The molecule has 3 atom stereocenters. The average molecular weight is 460 g/mol. The molecule has 0 saturated carbocycles. The minimum Gasteiger partial charge on any atom is -0.387 e. The largest absolute Gasteiger partial charge is 0.387 e. The second kappa shape index (κ2) is 8.38. The van der Waals surface area contributed by atoms with Crippen molar-refractivity contribution >= 4 is 27.7 Å². The Balaban J connectivity index is 1.46. The van der Waals surface area contributed by atoms with Crippen molar-refractivity contribution in [3.8, 4) is 0 Å². The maximum absolute atomic E-state index is 13.1. The third kappa shape index (κ3) is 3.89. The molecule has 1 unspecified atom stereocenters. The minimum absolute atomic E-state index is 0.0752. The van der Waals surface area contributed by atoms with E-state index in [2.05, 4.69) is 37.7 Å². The zero-order valence-corrected chi connectivity index (χ0v) is 18.0. The number of fused-ring (bicyclic) bond motifs is 1. The molecule has 2 aromatic rings. The fourth-order valence-corrected chi connectivity index (χ4v) is 4.65. The summed E-state index contributed by atoms with van der Waals surface area (Å²) in [6, 6.07) is 7.78. The van der Waals surface area contributed by atoms with Gasteiger partial charge in [-0.25, -0.2) is 9.97 Å². The van der Waals surface area contributed by atoms with Crippen LogP contribution in [0.1, 0.15) is 48.1 Å². The van der Waals surface area contributed by atoms with Crippen molar-refractivity contribution in [3.63, 3.8) is 0 Å². The van der Waals surface area contributed by atoms with Crippen molar-refractivity contribution in [2.24, 2.45) is 5.73 Å². The van der Waals surface area contributed by atoms with Crippen LogP contribution in [0.15, 0.2) is 35.1 Å². The monoisotopic (exact) mass is 459 g/mol. The number of carbonyl (C=O) groups excluding carboxylic acids is 1. The number of hydrogen-bond acceptors (Lipinski definition) is 6. The van der Waals surface area contributed by atoms with Gasteiger partial charge in [0.05, 0.1) is 17.7 Å². The van der Waals surface area contributed by atoms with Gasteiger partial charge in [-0.2, -0.15) is 0 Å². The number of aromatic nitrogens is 2. The predicted octanol–water partition coefficient (Wildman–Crippen LogP) is 2.17. The van der Waals surface area contributed by atoms with Crippen LogP contribution in [0.2, 0.25) is 0 Å². The van der Waals surface area contributed by atoms with Crippen LogP contribution in [-0.2, 0) is 4.79 Å². The van der Waals surface area contributed by atoms with Gasteiger partial charge in [0.25, 0.3) is 0 Å². The Morgan fingerprint density at radius 2 is 1.93 bits per heavy atom. The van der Waals surface area contributed by atoms with E-state index < -0.39 is 6.10 Å². The van der Waals surface area contributed by atoms with Crippen molar-refractivity contribution in [3.05, 3.63) is 51.9 Å². The van der Waals surface area contributed by atoms with Gasteiger partial charge in [0.2, 0.25) is 5.91 Å². The molecule has 1 aliphatic carbocycles. The molecule has 1 aliphatic heterocycles. The second-order valence-electron chi connectivity index (χ2n) is 7.80. The van der Waals surface area contributed by atoms with E-state index in [1.807, 2.05) is 29.2 Å². The Hall–Kier alpha value is -2.03. The van der Waals surface area contributed by atoms with E-state index in [1.54, 1.807) is 0 Å². The third-order valence-electron chi connectivity index (χ3n) is 5.98. The quantitative estimate of drug-likeness (QED) is 0.727. The van der Waals surface area contributed by atoms with Gasteiger partial charge in [0, 0.05) is 42.8 Å². The number of piperazine rings is 1. The number of carbonyl (C=O) groups is 1. The molecule has 1 aromatic carbocycles. The molecule has 154 valence electrons. The first-order chi connectivity index (χ1) is 14.0. The van der Waals surface area contributed by atoms with E-state index in [-0.39, 0.29) is 24.3 Å². The lowest BCUT2D eigenvalue weighted by Crippen LogP contribution is -2.51. The number of aliphatic hydroxyl groups excluding tert-OH is 1. The summed E-state index contributed by atoms with van der Waals surface area (Å²) in [5.41, 5.74) is 8.69. The lowest BCUT2D eigenvalue weighted by molar-refractivity contribution is -0.132. The molecule has 0 spiro atoms. The third-order valence-corrected chi connectivity index (χ3v) is 6.50. The summed E-state index contributed by atoms with van der Waals surface area (Å²) in [7, 11) is 0. The van der Waals surface area contributed by atoms with Crippen LogP contribution < -0.4 is 10.6 Å². The summed E-state index contributed by atoms with van der Waals surface area (Å²) in [4.78, 5) is 26.0. The Bertz CT molecular complexity index is 883. The standard InChI is InChI=1S/C21H26BrN5O2/c1-13-10-17(28)19-18(13)20(25-12-24-19)26-6-8-27(9-7-26)21(29)16(11-23)14-2-4-15(22)5-3-14/h2-5,12-13,16-17,28H,6-11,23H2,1H3/t13-,16?,17+/m1/s1. The molecule has 2 aliphatic rings. The highest BCUT2D eigenvalue weighted by molar-refractivity contribution is 9.10. The number of benzene rings is 1. The molecule has 2 heterocycles. The Morgan fingerprint density at radius 3 is 2.59 bits per heavy atom. The van der Waals surface area contributed by atoms with Crippen molar-refractivity contribution in [2.45, 2.75) is 31.3 Å². The first-order valence-corrected chi connectivity index (χ1v) is 10.8. The summed E-state index contributed by atoms with van der Waals surface area (Å²) in [5.74, 6) is 0.878. The summed E-state index contributed by atoms with van der Waals surface area (Å²) < 4.78 is 0.981. The number of hydrogen-bond donors (Lipinski definition) is 2. The van der Waals surface area contributed by atoms with Crippen molar-refractivity contribution in [2.75, 3.05) is 37.6 Å². The first-order valence-electron chi connectivity index (χ1n) is 10.0. The van der Waals surface area contributed by atoms with E-state index in [1.165, 1.54) is 6.33 Å². The van der Waals surface area contributed by atoms with Crippen molar-refractivity contribution in [1.82, 2.24) is 14.9 Å². The van der Waals surface area contributed by atoms with Crippen LogP contribution >= 0.6 is 15.9 Å². The molecule has 0 bridgehead atoms. The number of halogens is 1. The summed E-state index contributed by atoms with van der Waals surface area (Å²) in [6.45, 7) is 5.05. The fraction of sp³-hybridized carbons (Fsp3) is 0.476. The maximum Gasteiger partial charge on any atom is 0.231 e. The molecule has 8 heteroatoms.